The third-order valence-electron chi connectivity index (χ3n) is 6.34. The van der Waals surface area contributed by atoms with E-state index in [1.54, 1.807) is 0 Å². The average molecular weight is 470 g/mol. The minimum absolute atomic E-state index is 0.0328. The van der Waals surface area contributed by atoms with Crippen LogP contribution < -0.4 is 4.74 Å². The van der Waals surface area contributed by atoms with Crippen molar-refractivity contribution in [2.45, 2.75) is 63.3 Å². The molecular weight excluding hydrogens is 438 g/mol. The highest BCUT2D eigenvalue weighted by atomic mass is 16.6. The Labute approximate surface area is 198 Å². The van der Waals surface area contributed by atoms with Crippen LogP contribution in [-0.4, -0.2) is 64.4 Å². The first kappa shape index (κ1) is 25.2. The summed E-state index contributed by atoms with van der Waals surface area (Å²) >= 11 is 0. The molecule has 2 aliphatic heterocycles. The number of aliphatic carboxylic acids is 2. The van der Waals surface area contributed by atoms with Gasteiger partial charge >= 0.3 is 17.9 Å². The summed E-state index contributed by atoms with van der Waals surface area (Å²) in [6.07, 6.45) is 5.55. The zero-order valence-corrected chi connectivity index (χ0v) is 19.4. The Morgan fingerprint density at radius 2 is 1.59 bits per heavy atom. The summed E-state index contributed by atoms with van der Waals surface area (Å²) in [5.41, 5.74) is 0. The highest BCUT2D eigenvalue weighted by Crippen LogP contribution is 2.35. The maximum atomic E-state index is 12.7. The van der Waals surface area contributed by atoms with Crippen molar-refractivity contribution in [2.24, 2.45) is 0 Å². The van der Waals surface area contributed by atoms with E-state index >= 15 is 0 Å². The van der Waals surface area contributed by atoms with Crippen LogP contribution in [0.4, 0.5) is 0 Å². The molecule has 3 unspecified atom stereocenters. The van der Waals surface area contributed by atoms with Gasteiger partial charge in [-0.2, -0.15) is 0 Å². The fourth-order valence-corrected chi connectivity index (χ4v) is 4.54. The van der Waals surface area contributed by atoms with Crippen molar-refractivity contribution in [3.63, 3.8) is 0 Å². The molecule has 2 heterocycles. The number of rotatable bonds is 7. The second kappa shape index (κ2) is 11.7. The van der Waals surface area contributed by atoms with Crippen LogP contribution >= 0.6 is 0 Å². The van der Waals surface area contributed by atoms with Crippen molar-refractivity contribution >= 4 is 28.7 Å². The van der Waals surface area contributed by atoms with Gasteiger partial charge in [-0.3, -0.25) is 0 Å². The molecule has 0 radical (unpaired) electrons. The number of carboxylic acids is 2. The van der Waals surface area contributed by atoms with E-state index in [0.29, 0.717) is 30.7 Å². The maximum Gasteiger partial charge on any atom is 0.347 e. The summed E-state index contributed by atoms with van der Waals surface area (Å²) in [6.45, 7) is 1.96. The number of hydrogen-bond acceptors (Lipinski definition) is 6. The fourth-order valence-electron chi connectivity index (χ4n) is 4.54. The van der Waals surface area contributed by atoms with Crippen LogP contribution in [0.25, 0.3) is 10.8 Å². The highest BCUT2D eigenvalue weighted by molar-refractivity contribution is 5.89. The predicted molar refractivity (Wildman–Crippen MR) is 127 cm³/mol. The van der Waals surface area contributed by atoms with Crippen LogP contribution in [0.3, 0.4) is 0 Å². The van der Waals surface area contributed by atoms with E-state index in [1.165, 1.54) is 12.8 Å². The van der Waals surface area contributed by atoms with Crippen LogP contribution in [-0.2, 0) is 19.1 Å². The molecule has 0 spiro atoms. The molecule has 0 aromatic heterocycles. The summed E-state index contributed by atoms with van der Waals surface area (Å²) in [7, 11) is 2.19. The molecule has 2 bridgehead atoms. The Morgan fingerprint density at radius 3 is 2.15 bits per heavy atom. The van der Waals surface area contributed by atoms with Gasteiger partial charge in [0, 0.05) is 24.2 Å². The smallest absolute Gasteiger partial charge is 0.347 e. The van der Waals surface area contributed by atoms with Gasteiger partial charge in [-0.15, -0.1) is 0 Å². The Morgan fingerprint density at radius 1 is 1.00 bits per heavy atom. The number of hydrogen-bond donors (Lipinski definition) is 2. The highest BCUT2D eigenvalue weighted by Gasteiger charge is 2.40. The molecule has 2 N–H and O–H groups in total. The monoisotopic (exact) mass is 469 g/mol. The third-order valence-corrected chi connectivity index (χ3v) is 6.34. The zero-order chi connectivity index (χ0) is 24.7. The molecule has 2 aromatic carbocycles. The quantitative estimate of drug-likeness (QED) is 0.464. The molecule has 0 aliphatic carbocycles. The fraction of sp³-hybridized carbons (Fsp3) is 0.423. The van der Waals surface area contributed by atoms with Crippen LogP contribution in [0.2, 0.25) is 0 Å². The summed E-state index contributed by atoms with van der Waals surface area (Å²) in [4.78, 5) is 34.2. The number of carbonyl (C=O) groups excluding carboxylic acids is 1. The summed E-state index contributed by atoms with van der Waals surface area (Å²) in [5.74, 6) is -2.02. The molecule has 34 heavy (non-hydrogen) atoms. The van der Waals surface area contributed by atoms with E-state index in [9.17, 15) is 14.4 Å². The third kappa shape index (κ3) is 6.81. The molecule has 2 saturated heterocycles. The number of ether oxygens (including phenoxy) is 2. The summed E-state index contributed by atoms with van der Waals surface area (Å²) < 4.78 is 11.8. The van der Waals surface area contributed by atoms with Gasteiger partial charge in [-0.1, -0.05) is 37.3 Å². The van der Waals surface area contributed by atoms with E-state index in [0.717, 1.165) is 29.4 Å². The normalized spacial score (nSPS) is 22.6. The van der Waals surface area contributed by atoms with Crippen LogP contribution in [0.15, 0.2) is 54.6 Å². The van der Waals surface area contributed by atoms with Gasteiger partial charge in [0.2, 0.25) is 0 Å². The number of esters is 1. The second-order valence-corrected chi connectivity index (χ2v) is 8.61. The van der Waals surface area contributed by atoms with E-state index in [4.69, 9.17) is 19.7 Å². The number of carboxylic acid groups (broad SMARTS) is 2. The van der Waals surface area contributed by atoms with Gasteiger partial charge in [-0.25, -0.2) is 14.4 Å². The molecule has 0 amide bonds. The number of piperidine rings is 1. The first-order valence-electron chi connectivity index (χ1n) is 11.5. The summed E-state index contributed by atoms with van der Waals surface area (Å²) in [5, 5.41) is 17.9. The van der Waals surface area contributed by atoms with Crippen molar-refractivity contribution in [3.05, 3.63) is 54.6 Å². The largest absolute Gasteiger partial charge is 0.479 e. The number of benzene rings is 2. The van der Waals surface area contributed by atoms with E-state index < -0.39 is 18.0 Å². The molecule has 4 rings (SSSR count). The zero-order valence-electron chi connectivity index (χ0n) is 19.4. The van der Waals surface area contributed by atoms with Crippen molar-refractivity contribution in [1.29, 1.82) is 0 Å². The minimum Gasteiger partial charge on any atom is -0.479 e. The molecule has 2 aromatic rings. The molecule has 8 nitrogen and oxygen atoms in total. The van der Waals surface area contributed by atoms with Gasteiger partial charge in [0.05, 0.1) is 0 Å². The molecule has 8 heteroatoms. The lowest BCUT2D eigenvalue weighted by Gasteiger charge is -2.36. The Balaban J connectivity index is 0.000000350. The van der Waals surface area contributed by atoms with E-state index in [1.807, 2.05) is 37.3 Å². The van der Waals surface area contributed by atoms with Crippen molar-refractivity contribution in [1.82, 2.24) is 4.90 Å². The van der Waals surface area contributed by atoms with Crippen LogP contribution in [0, 0.1) is 0 Å². The lowest BCUT2D eigenvalue weighted by atomic mass is 10.0. The molecule has 2 aliphatic rings. The minimum atomic E-state index is -1.26. The molecule has 0 saturated carbocycles. The topological polar surface area (TPSA) is 113 Å². The molecular formula is C26H31NO7. The van der Waals surface area contributed by atoms with Crippen molar-refractivity contribution in [3.8, 4) is 5.75 Å². The molecule has 2 fully saturated rings. The first-order chi connectivity index (χ1) is 16.3. The Hall–Kier alpha value is -3.39. The standard InChI is InChI=1S/C22H27NO3.C4H4O4/c1-3-21(25-19-11-8-15-6-4-5-7-16(15)12-19)22(24)26-20-13-17-9-10-18(14-20)23(17)2;5-3(6)1-2-4(7)8/h4-8,11-12,17-18,20-21H,3,9-10,13-14H2,1-2H3;1-2H,(H,5,6)(H,7,8)/b;2-1-. The van der Waals surface area contributed by atoms with Crippen molar-refractivity contribution < 1.29 is 34.1 Å². The lowest BCUT2D eigenvalue weighted by Crippen LogP contribution is -2.44. The van der Waals surface area contributed by atoms with Gasteiger partial charge in [-0.05, 0) is 62.1 Å². The van der Waals surface area contributed by atoms with Gasteiger partial charge in [0.25, 0.3) is 0 Å². The SMILES string of the molecule is CCC(Oc1ccc2ccccc2c1)C(=O)OC1CC2CCC(C1)N2C.O=C(O)/C=C\C(=O)O. The van der Waals surface area contributed by atoms with Gasteiger partial charge in [0.15, 0.2) is 6.10 Å². The Bertz CT molecular complexity index is 1020. The predicted octanol–water partition coefficient (Wildman–Crippen LogP) is 3.88. The average Bonchev–Trinajstić information content (AvgIpc) is 3.01. The van der Waals surface area contributed by atoms with Crippen LogP contribution in [0.1, 0.15) is 39.0 Å². The number of fused-ring (bicyclic) bond motifs is 3. The van der Waals surface area contributed by atoms with Gasteiger partial charge in [0.1, 0.15) is 11.9 Å². The Kier molecular flexibility index (Phi) is 8.65. The molecule has 182 valence electrons. The van der Waals surface area contributed by atoms with Crippen molar-refractivity contribution in [2.75, 3.05) is 7.05 Å². The van der Waals surface area contributed by atoms with Crippen LogP contribution in [0.5, 0.6) is 5.75 Å². The summed E-state index contributed by atoms with van der Waals surface area (Å²) in [6, 6.07) is 15.2. The number of carbonyl (C=O) groups is 3. The number of nitrogens with zero attached hydrogens (tertiary/aromatic N) is 1. The van der Waals surface area contributed by atoms with E-state index in [2.05, 4.69) is 24.1 Å². The molecule has 3 atom stereocenters. The second-order valence-electron chi connectivity index (χ2n) is 8.61. The first-order valence-corrected chi connectivity index (χ1v) is 11.5. The maximum absolute atomic E-state index is 12.7. The van der Waals surface area contributed by atoms with E-state index in [-0.39, 0.29) is 12.1 Å². The van der Waals surface area contributed by atoms with Gasteiger partial charge < -0.3 is 24.6 Å². The lowest BCUT2D eigenvalue weighted by molar-refractivity contribution is -0.161.